The number of nitrogens with zero attached hydrogens (tertiary/aromatic N) is 3. The number of carbonyl (C=O) groups is 1. The number of methoxy groups -OCH3 is 1. The van der Waals surface area contributed by atoms with Gasteiger partial charge in [0.2, 0.25) is 0 Å². The number of aromatic nitrogens is 2. The van der Waals surface area contributed by atoms with Crippen molar-refractivity contribution in [2.45, 2.75) is 6.92 Å². The number of aliphatic imine (C=N–C) groups is 1. The Morgan fingerprint density at radius 3 is 2.42 bits per heavy atom. The van der Waals surface area contributed by atoms with Gasteiger partial charge in [0.1, 0.15) is 17.3 Å². The first-order valence-corrected chi connectivity index (χ1v) is 12.3. The van der Waals surface area contributed by atoms with Gasteiger partial charge in [0.05, 0.1) is 35.7 Å². The molecule has 1 saturated heterocycles. The van der Waals surface area contributed by atoms with E-state index in [2.05, 4.69) is 10.3 Å². The molecule has 1 amide bonds. The first-order valence-electron chi connectivity index (χ1n) is 11.4. The van der Waals surface area contributed by atoms with Crippen LogP contribution < -0.4 is 14.8 Å². The van der Waals surface area contributed by atoms with Gasteiger partial charge in [-0.05, 0) is 85.4 Å². The Bertz CT molecular complexity index is 1430. The van der Waals surface area contributed by atoms with E-state index in [1.54, 1.807) is 7.11 Å². The zero-order chi connectivity index (χ0) is 24.9. The summed E-state index contributed by atoms with van der Waals surface area (Å²) < 4.78 is 12.7. The summed E-state index contributed by atoms with van der Waals surface area (Å²) in [5, 5.41) is 7.55. The lowest BCUT2D eigenvalue weighted by Gasteiger charge is -2.04. The molecule has 36 heavy (non-hydrogen) atoms. The topological polar surface area (TPSA) is 77.7 Å². The van der Waals surface area contributed by atoms with Gasteiger partial charge in [0, 0.05) is 17.3 Å². The highest BCUT2D eigenvalue weighted by Gasteiger charge is 2.25. The van der Waals surface area contributed by atoms with E-state index in [0.717, 1.165) is 56.4 Å². The van der Waals surface area contributed by atoms with E-state index < -0.39 is 0 Å². The van der Waals surface area contributed by atoms with Crippen molar-refractivity contribution < 1.29 is 14.3 Å². The fraction of sp³-hybridized carbons (Fsp3) is 0.107. The Morgan fingerprint density at radius 1 is 1.00 bits per heavy atom. The summed E-state index contributed by atoms with van der Waals surface area (Å²) in [6, 6.07) is 25.1. The van der Waals surface area contributed by atoms with Crippen LogP contribution in [-0.2, 0) is 0 Å². The van der Waals surface area contributed by atoms with Gasteiger partial charge in [-0.2, -0.15) is 5.10 Å². The Labute approximate surface area is 213 Å². The van der Waals surface area contributed by atoms with Gasteiger partial charge in [0.15, 0.2) is 0 Å². The normalized spacial score (nSPS) is 15.3. The zero-order valence-electron chi connectivity index (χ0n) is 19.8. The third kappa shape index (κ3) is 5.18. The monoisotopic (exact) mass is 496 g/mol. The highest BCUT2D eigenvalue weighted by molar-refractivity contribution is 8.18. The van der Waals surface area contributed by atoms with E-state index >= 15 is 0 Å². The highest BCUT2D eigenvalue weighted by Crippen LogP contribution is 2.33. The number of para-hydroxylation sites is 1. The van der Waals surface area contributed by atoms with Crippen molar-refractivity contribution in [2.75, 3.05) is 13.7 Å². The molecule has 4 aromatic rings. The number of hydrogen-bond acceptors (Lipinski definition) is 6. The van der Waals surface area contributed by atoms with Gasteiger partial charge in [-0.25, -0.2) is 9.67 Å². The van der Waals surface area contributed by atoms with Gasteiger partial charge in [0.25, 0.3) is 5.24 Å². The lowest BCUT2D eigenvalue weighted by molar-refractivity contribution is 0.265. The van der Waals surface area contributed by atoms with Crippen LogP contribution in [0.25, 0.3) is 23.0 Å². The highest BCUT2D eigenvalue weighted by atomic mass is 32.2. The van der Waals surface area contributed by atoms with Crippen molar-refractivity contribution in [1.29, 1.82) is 0 Å². The SMILES string of the molecule is CCOc1ccc(N=C2NC(=O)SC2=Cc2cn(-c3ccccc3)nc2-c2ccc(OC)cc2)cc1. The largest absolute Gasteiger partial charge is 0.497 e. The van der Waals surface area contributed by atoms with Crippen molar-refractivity contribution in [3.05, 3.63) is 95.5 Å². The van der Waals surface area contributed by atoms with Crippen LogP contribution in [0.1, 0.15) is 12.5 Å². The molecule has 1 fully saturated rings. The van der Waals surface area contributed by atoms with Crippen LogP contribution in [-0.4, -0.2) is 34.6 Å². The molecule has 0 bridgehead atoms. The van der Waals surface area contributed by atoms with E-state index in [9.17, 15) is 4.79 Å². The molecule has 0 unspecified atom stereocenters. The number of amidine groups is 1. The van der Waals surface area contributed by atoms with Crippen molar-refractivity contribution in [3.63, 3.8) is 0 Å². The van der Waals surface area contributed by atoms with Crippen LogP contribution in [0.5, 0.6) is 11.5 Å². The third-order valence-electron chi connectivity index (χ3n) is 5.46. The molecule has 0 aliphatic carbocycles. The summed E-state index contributed by atoms with van der Waals surface area (Å²) in [5.74, 6) is 2.05. The predicted octanol–water partition coefficient (Wildman–Crippen LogP) is 6.47. The molecule has 0 radical (unpaired) electrons. The number of hydrogen-bond donors (Lipinski definition) is 1. The summed E-state index contributed by atoms with van der Waals surface area (Å²) in [4.78, 5) is 17.7. The lowest BCUT2D eigenvalue weighted by atomic mass is 10.1. The van der Waals surface area contributed by atoms with E-state index in [4.69, 9.17) is 14.6 Å². The minimum absolute atomic E-state index is 0.174. The number of nitrogens with one attached hydrogen (secondary N) is 1. The molecule has 1 aliphatic rings. The second-order valence-electron chi connectivity index (χ2n) is 7.85. The van der Waals surface area contributed by atoms with Gasteiger partial charge in [-0.1, -0.05) is 18.2 Å². The lowest BCUT2D eigenvalue weighted by Crippen LogP contribution is -2.18. The number of carbonyl (C=O) groups excluding carboxylic acids is 1. The maximum atomic E-state index is 12.3. The zero-order valence-corrected chi connectivity index (χ0v) is 20.7. The minimum Gasteiger partial charge on any atom is -0.497 e. The predicted molar refractivity (Wildman–Crippen MR) is 144 cm³/mol. The molecule has 0 atom stereocenters. The summed E-state index contributed by atoms with van der Waals surface area (Å²) in [6.45, 7) is 2.54. The summed E-state index contributed by atoms with van der Waals surface area (Å²) in [6.07, 6.45) is 3.90. The number of ether oxygens (including phenoxy) is 2. The van der Waals surface area contributed by atoms with Crippen LogP contribution in [0.15, 0.2) is 95.0 Å². The van der Waals surface area contributed by atoms with Crippen molar-refractivity contribution in [3.8, 4) is 28.4 Å². The molecular formula is C28H24N4O3S. The van der Waals surface area contributed by atoms with Gasteiger partial charge < -0.3 is 14.8 Å². The number of amides is 1. The van der Waals surface area contributed by atoms with Crippen LogP contribution in [0.3, 0.4) is 0 Å². The van der Waals surface area contributed by atoms with Crippen molar-refractivity contribution >= 4 is 34.6 Å². The first-order chi connectivity index (χ1) is 17.6. The summed E-state index contributed by atoms with van der Waals surface area (Å²) >= 11 is 1.11. The van der Waals surface area contributed by atoms with Crippen molar-refractivity contribution in [1.82, 2.24) is 15.1 Å². The Kier molecular flexibility index (Phi) is 6.86. The third-order valence-corrected chi connectivity index (χ3v) is 6.28. The second-order valence-corrected chi connectivity index (χ2v) is 8.87. The Morgan fingerprint density at radius 2 is 1.72 bits per heavy atom. The van der Waals surface area contributed by atoms with E-state index in [1.165, 1.54) is 0 Å². The summed E-state index contributed by atoms with van der Waals surface area (Å²) in [7, 11) is 1.64. The van der Waals surface area contributed by atoms with Crippen LogP contribution in [0, 0.1) is 0 Å². The van der Waals surface area contributed by atoms with Crippen LogP contribution in [0.4, 0.5) is 10.5 Å². The van der Waals surface area contributed by atoms with E-state index in [0.29, 0.717) is 12.4 Å². The van der Waals surface area contributed by atoms with Gasteiger partial charge >= 0.3 is 0 Å². The number of benzene rings is 3. The van der Waals surface area contributed by atoms with E-state index in [1.807, 2.05) is 103 Å². The Hall–Kier alpha value is -4.30. The Balaban J connectivity index is 1.55. The molecule has 1 aromatic heterocycles. The maximum absolute atomic E-state index is 12.3. The average molecular weight is 497 g/mol. The molecule has 1 N–H and O–H groups in total. The van der Waals surface area contributed by atoms with Crippen LogP contribution in [0.2, 0.25) is 0 Å². The fourth-order valence-corrected chi connectivity index (χ4v) is 4.47. The van der Waals surface area contributed by atoms with E-state index in [-0.39, 0.29) is 5.24 Å². The number of thioether (sulfide) groups is 1. The molecule has 8 heteroatoms. The standard InChI is InChI=1S/C28H24N4O3S/c1-3-35-24-15-11-21(12-16-24)29-27-25(36-28(33)30-27)17-20-18-32(22-7-5-4-6-8-22)31-26(20)19-9-13-23(34-2)14-10-19/h4-18H,3H2,1-2H3,(H,29,30,33). The second kappa shape index (κ2) is 10.5. The van der Waals surface area contributed by atoms with Crippen LogP contribution >= 0.6 is 11.8 Å². The molecule has 1 aliphatic heterocycles. The van der Waals surface area contributed by atoms with Crippen molar-refractivity contribution in [2.24, 2.45) is 4.99 Å². The first kappa shape index (κ1) is 23.4. The molecule has 3 aromatic carbocycles. The molecule has 180 valence electrons. The molecule has 5 rings (SSSR count). The van der Waals surface area contributed by atoms with Gasteiger partial charge in [-0.3, -0.25) is 4.79 Å². The molecule has 7 nitrogen and oxygen atoms in total. The molecule has 0 saturated carbocycles. The molecule has 2 heterocycles. The number of rotatable bonds is 7. The molecule has 0 spiro atoms. The maximum Gasteiger partial charge on any atom is 0.289 e. The van der Waals surface area contributed by atoms with Gasteiger partial charge in [-0.15, -0.1) is 0 Å². The summed E-state index contributed by atoms with van der Waals surface area (Å²) in [5.41, 5.74) is 4.24. The smallest absolute Gasteiger partial charge is 0.289 e. The quantitative estimate of drug-likeness (QED) is 0.317. The average Bonchev–Trinajstić information content (AvgIpc) is 3.49. The fourth-order valence-electron chi connectivity index (χ4n) is 3.75. The molecular weight excluding hydrogens is 472 g/mol. The minimum atomic E-state index is -0.174.